The van der Waals surface area contributed by atoms with Gasteiger partial charge in [-0.05, 0) is 17.6 Å². The molecule has 98 valence electrons. The van der Waals surface area contributed by atoms with E-state index < -0.39 is 0 Å². The Balaban J connectivity index is 2.47. The van der Waals surface area contributed by atoms with E-state index in [1.54, 1.807) is 0 Å². The van der Waals surface area contributed by atoms with Crippen LogP contribution in [0.3, 0.4) is 0 Å². The van der Waals surface area contributed by atoms with Crippen LogP contribution in [0.4, 0.5) is 0 Å². The Morgan fingerprint density at radius 2 is 2.06 bits per heavy atom. The first-order chi connectivity index (χ1) is 8.04. The standard InChI is InChI=1S/C12H23N3OS/c1-5-9(4)11(13)12-14-10(15-16-12)7-17-6-8(2)3/h8-9,11H,5-7,13H2,1-4H3. The van der Waals surface area contributed by atoms with Gasteiger partial charge < -0.3 is 10.3 Å². The van der Waals surface area contributed by atoms with Gasteiger partial charge in [0, 0.05) is 0 Å². The van der Waals surface area contributed by atoms with Crippen molar-refractivity contribution in [3.63, 3.8) is 0 Å². The highest BCUT2D eigenvalue weighted by molar-refractivity contribution is 7.98. The smallest absolute Gasteiger partial charge is 0.243 e. The van der Waals surface area contributed by atoms with Gasteiger partial charge in [0.05, 0.1) is 11.8 Å². The van der Waals surface area contributed by atoms with Crippen molar-refractivity contribution in [2.75, 3.05) is 5.75 Å². The summed E-state index contributed by atoms with van der Waals surface area (Å²) in [6.45, 7) is 8.61. The molecule has 4 nitrogen and oxygen atoms in total. The number of hydrogen-bond acceptors (Lipinski definition) is 5. The number of nitrogens with zero attached hydrogens (tertiary/aromatic N) is 2. The summed E-state index contributed by atoms with van der Waals surface area (Å²) in [6, 6.07) is -0.142. The van der Waals surface area contributed by atoms with Crippen molar-refractivity contribution in [1.82, 2.24) is 10.1 Å². The molecule has 1 aromatic rings. The van der Waals surface area contributed by atoms with Gasteiger partial charge in [0.1, 0.15) is 0 Å². The summed E-state index contributed by atoms with van der Waals surface area (Å²) in [4.78, 5) is 4.35. The third-order valence-electron chi connectivity index (χ3n) is 2.71. The molecule has 0 aliphatic heterocycles. The largest absolute Gasteiger partial charge is 0.338 e. The van der Waals surface area contributed by atoms with E-state index in [1.165, 1.54) is 0 Å². The minimum atomic E-state index is -0.142. The van der Waals surface area contributed by atoms with Crippen molar-refractivity contribution in [2.24, 2.45) is 17.6 Å². The van der Waals surface area contributed by atoms with Crippen LogP contribution >= 0.6 is 11.8 Å². The predicted molar refractivity (Wildman–Crippen MR) is 71.7 cm³/mol. The molecule has 17 heavy (non-hydrogen) atoms. The van der Waals surface area contributed by atoms with Gasteiger partial charge in [0.2, 0.25) is 5.89 Å². The van der Waals surface area contributed by atoms with E-state index >= 15 is 0 Å². The monoisotopic (exact) mass is 257 g/mol. The van der Waals surface area contributed by atoms with Crippen molar-refractivity contribution >= 4 is 11.8 Å². The highest BCUT2D eigenvalue weighted by Gasteiger charge is 2.19. The molecule has 0 aromatic carbocycles. The first-order valence-corrected chi connectivity index (χ1v) is 7.35. The minimum Gasteiger partial charge on any atom is -0.338 e. The highest BCUT2D eigenvalue weighted by atomic mass is 32.2. The third-order valence-corrected chi connectivity index (χ3v) is 4.07. The van der Waals surface area contributed by atoms with Crippen LogP contribution in [-0.4, -0.2) is 15.9 Å². The van der Waals surface area contributed by atoms with Gasteiger partial charge in [-0.15, -0.1) is 0 Å². The first kappa shape index (κ1) is 14.5. The molecular formula is C12H23N3OS. The quantitative estimate of drug-likeness (QED) is 0.813. The second-order valence-corrected chi connectivity index (χ2v) is 5.90. The maximum atomic E-state index is 6.04. The average Bonchev–Trinajstić information content (AvgIpc) is 2.75. The van der Waals surface area contributed by atoms with Gasteiger partial charge in [-0.2, -0.15) is 16.7 Å². The van der Waals surface area contributed by atoms with E-state index in [0.29, 0.717) is 17.7 Å². The molecule has 0 bridgehead atoms. The first-order valence-electron chi connectivity index (χ1n) is 6.20. The fourth-order valence-corrected chi connectivity index (χ4v) is 2.23. The molecule has 0 amide bonds. The third kappa shape index (κ3) is 4.68. The van der Waals surface area contributed by atoms with Crippen molar-refractivity contribution in [3.8, 4) is 0 Å². The number of rotatable bonds is 7. The molecule has 2 unspecified atom stereocenters. The normalized spacial score (nSPS) is 15.2. The summed E-state index contributed by atoms with van der Waals surface area (Å²) >= 11 is 1.83. The molecule has 0 aliphatic carbocycles. The highest BCUT2D eigenvalue weighted by Crippen LogP contribution is 2.21. The van der Waals surface area contributed by atoms with E-state index in [9.17, 15) is 0 Å². The average molecular weight is 257 g/mol. The molecule has 5 heteroatoms. The van der Waals surface area contributed by atoms with Crippen LogP contribution in [0.15, 0.2) is 4.52 Å². The van der Waals surface area contributed by atoms with Crippen molar-refractivity contribution in [3.05, 3.63) is 11.7 Å². The van der Waals surface area contributed by atoms with Crippen molar-refractivity contribution < 1.29 is 4.52 Å². The van der Waals surface area contributed by atoms with Crippen LogP contribution in [-0.2, 0) is 5.75 Å². The maximum absolute atomic E-state index is 6.04. The van der Waals surface area contributed by atoms with Crippen LogP contribution in [0.5, 0.6) is 0 Å². The van der Waals surface area contributed by atoms with Gasteiger partial charge in [0.25, 0.3) is 0 Å². The predicted octanol–water partition coefficient (Wildman–Crippen LogP) is 3.00. The minimum absolute atomic E-state index is 0.142. The molecule has 0 saturated heterocycles. The lowest BCUT2D eigenvalue weighted by Gasteiger charge is -2.12. The van der Waals surface area contributed by atoms with E-state index in [0.717, 1.165) is 23.8 Å². The summed E-state index contributed by atoms with van der Waals surface area (Å²) in [7, 11) is 0. The van der Waals surface area contributed by atoms with Gasteiger partial charge >= 0.3 is 0 Å². The summed E-state index contributed by atoms with van der Waals surface area (Å²) in [5, 5.41) is 3.96. The number of aromatic nitrogens is 2. The lowest BCUT2D eigenvalue weighted by atomic mass is 10.0. The van der Waals surface area contributed by atoms with Crippen LogP contribution in [0.2, 0.25) is 0 Å². The van der Waals surface area contributed by atoms with Crippen LogP contribution in [0, 0.1) is 11.8 Å². The van der Waals surface area contributed by atoms with E-state index in [2.05, 4.69) is 37.8 Å². The molecule has 0 spiro atoms. The molecule has 1 heterocycles. The molecule has 0 aliphatic rings. The molecule has 1 rings (SSSR count). The van der Waals surface area contributed by atoms with Crippen LogP contribution in [0.1, 0.15) is 51.9 Å². The zero-order chi connectivity index (χ0) is 12.8. The summed E-state index contributed by atoms with van der Waals surface area (Å²) in [5.74, 6) is 4.29. The molecule has 0 saturated carbocycles. The summed E-state index contributed by atoms with van der Waals surface area (Å²) in [6.07, 6.45) is 1.01. The van der Waals surface area contributed by atoms with Gasteiger partial charge in [-0.1, -0.05) is 39.3 Å². The fraction of sp³-hybridized carbons (Fsp3) is 0.833. The lowest BCUT2D eigenvalue weighted by Crippen LogP contribution is -2.18. The van der Waals surface area contributed by atoms with Crippen molar-refractivity contribution in [2.45, 2.75) is 45.9 Å². The van der Waals surface area contributed by atoms with Gasteiger partial charge in [-0.25, -0.2) is 0 Å². The lowest BCUT2D eigenvalue weighted by molar-refractivity contribution is 0.311. The Morgan fingerprint density at radius 3 is 2.65 bits per heavy atom. The Bertz CT molecular complexity index is 327. The second-order valence-electron chi connectivity index (χ2n) is 4.87. The number of thioether (sulfide) groups is 1. The molecule has 2 atom stereocenters. The zero-order valence-electron chi connectivity index (χ0n) is 11.1. The Morgan fingerprint density at radius 1 is 1.35 bits per heavy atom. The molecular weight excluding hydrogens is 234 g/mol. The van der Waals surface area contributed by atoms with E-state index in [4.69, 9.17) is 10.3 Å². The summed E-state index contributed by atoms with van der Waals surface area (Å²) in [5.41, 5.74) is 6.04. The molecule has 0 radical (unpaired) electrons. The molecule has 2 N–H and O–H groups in total. The number of hydrogen-bond donors (Lipinski definition) is 1. The van der Waals surface area contributed by atoms with Gasteiger partial charge in [0.15, 0.2) is 5.82 Å². The molecule has 0 fully saturated rings. The Kier molecular flexibility index (Phi) is 5.98. The van der Waals surface area contributed by atoms with Gasteiger partial charge in [-0.3, -0.25) is 0 Å². The fourth-order valence-electron chi connectivity index (χ4n) is 1.34. The van der Waals surface area contributed by atoms with E-state index in [1.807, 2.05) is 11.8 Å². The maximum Gasteiger partial charge on any atom is 0.243 e. The topological polar surface area (TPSA) is 64.9 Å². The van der Waals surface area contributed by atoms with Crippen molar-refractivity contribution in [1.29, 1.82) is 0 Å². The zero-order valence-corrected chi connectivity index (χ0v) is 12.0. The van der Waals surface area contributed by atoms with Crippen LogP contribution < -0.4 is 5.73 Å². The number of nitrogens with two attached hydrogens (primary N) is 1. The van der Waals surface area contributed by atoms with Crippen LogP contribution in [0.25, 0.3) is 0 Å². The molecule has 1 aromatic heterocycles. The Hall–Kier alpha value is -0.550. The summed E-state index contributed by atoms with van der Waals surface area (Å²) < 4.78 is 5.21. The Labute approximate surface area is 108 Å². The van der Waals surface area contributed by atoms with E-state index in [-0.39, 0.29) is 6.04 Å². The second kappa shape index (κ2) is 7.01. The SMILES string of the molecule is CCC(C)C(N)c1nc(CSCC(C)C)no1.